The zero-order valence-electron chi connectivity index (χ0n) is 17.6. The van der Waals surface area contributed by atoms with Crippen molar-refractivity contribution in [1.29, 1.82) is 0 Å². The average Bonchev–Trinajstić information content (AvgIpc) is 2.62. The van der Waals surface area contributed by atoms with E-state index in [0.29, 0.717) is 11.4 Å². The van der Waals surface area contributed by atoms with Crippen LogP contribution >= 0.6 is 11.8 Å². The Morgan fingerprint density at radius 2 is 1.64 bits per heavy atom. The van der Waals surface area contributed by atoms with E-state index >= 15 is 0 Å². The maximum absolute atomic E-state index is 12.4. The summed E-state index contributed by atoms with van der Waals surface area (Å²) in [6.45, 7) is 12.2. The summed E-state index contributed by atoms with van der Waals surface area (Å²) in [6, 6.07) is 13.9. The number of benzene rings is 2. The van der Waals surface area contributed by atoms with Gasteiger partial charge in [-0.1, -0.05) is 52.8 Å². The molecule has 5 heteroatoms. The number of thioether (sulfide) groups is 1. The summed E-state index contributed by atoms with van der Waals surface area (Å²) in [5.41, 5.74) is 3.75. The van der Waals surface area contributed by atoms with Crippen molar-refractivity contribution in [3.8, 4) is 0 Å². The highest BCUT2D eigenvalue weighted by molar-refractivity contribution is 8.00. The lowest BCUT2D eigenvalue weighted by atomic mass is 9.87. The van der Waals surface area contributed by atoms with Crippen molar-refractivity contribution in [2.24, 2.45) is 5.92 Å². The molecule has 2 rings (SSSR count). The van der Waals surface area contributed by atoms with Crippen molar-refractivity contribution in [3.63, 3.8) is 0 Å². The first-order chi connectivity index (χ1) is 13.1. The van der Waals surface area contributed by atoms with E-state index in [9.17, 15) is 9.59 Å². The highest BCUT2D eigenvalue weighted by atomic mass is 32.2. The Morgan fingerprint density at radius 1 is 1.00 bits per heavy atom. The van der Waals surface area contributed by atoms with E-state index < -0.39 is 0 Å². The van der Waals surface area contributed by atoms with Crippen molar-refractivity contribution in [3.05, 3.63) is 53.6 Å². The van der Waals surface area contributed by atoms with Crippen LogP contribution in [0.15, 0.2) is 47.4 Å². The van der Waals surface area contributed by atoms with Crippen LogP contribution in [0.25, 0.3) is 0 Å². The van der Waals surface area contributed by atoms with Crippen LogP contribution in [0.3, 0.4) is 0 Å². The fourth-order valence-corrected chi connectivity index (χ4v) is 3.21. The molecule has 2 amide bonds. The molecule has 0 saturated heterocycles. The van der Waals surface area contributed by atoms with Gasteiger partial charge in [-0.15, -0.1) is 11.8 Å². The number of hydrogen-bond acceptors (Lipinski definition) is 3. The number of rotatable bonds is 6. The van der Waals surface area contributed by atoms with E-state index in [-0.39, 0.29) is 23.1 Å². The molecule has 0 unspecified atom stereocenters. The molecule has 0 heterocycles. The van der Waals surface area contributed by atoms with E-state index in [2.05, 4.69) is 55.7 Å². The van der Waals surface area contributed by atoms with Gasteiger partial charge in [0.25, 0.3) is 0 Å². The van der Waals surface area contributed by atoms with Crippen LogP contribution in [0.4, 0.5) is 11.4 Å². The third-order valence-electron chi connectivity index (χ3n) is 4.39. The molecule has 0 aliphatic rings. The topological polar surface area (TPSA) is 58.2 Å². The third kappa shape index (κ3) is 6.41. The molecule has 0 saturated carbocycles. The SMILES string of the molecule is Cc1ccc(NC(=O)C(C)C)cc1NC(=O)CSc1ccc(C(C)(C)C)cc1. The highest BCUT2D eigenvalue weighted by Crippen LogP contribution is 2.26. The number of aryl methyl sites for hydroxylation is 1. The summed E-state index contributed by atoms with van der Waals surface area (Å²) < 4.78 is 0. The Morgan fingerprint density at radius 3 is 2.21 bits per heavy atom. The van der Waals surface area contributed by atoms with Gasteiger partial charge >= 0.3 is 0 Å². The molecule has 0 spiro atoms. The largest absolute Gasteiger partial charge is 0.326 e. The fraction of sp³-hybridized carbons (Fsp3) is 0.391. The van der Waals surface area contributed by atoms with E-state index in [1.165, 1.54) is 17.3 Å². The molecule has 2 N–H and O–H groups in total. The van der Waals surface area contributed by atoms with E-state index in [4.69, 9.17) is 0 Å². The molecule has 0 aliphatic heterocycles. The van der Waals surface area contributed by atoms with Crippen LogP contribution < -0.4 is 10.6 Å². The van der Waals surface area contributed by atoms with Crippen molar-refractivity contribution >= 4 is 35.0 Å². The number of carbonyl (C=O) groups excluding carboxylic acids is 2. The van der Waals surface area contributed by atoms with Gasteiger partial charge in [-0.05, 0) is 47.7 Å². The lowest BCUT2D eigenvalue weighted by Crippen LogP contribution is -2.18. The third-order valence-corrected chi connectivity index (χ3v) is 5.41. The first-order valence-corrected chi connectivity index (χ1v) is 10.5. The fourth-order valence-electron chi connectivity index (χ4n) is 2.51. The molecule has 0 bridgehead atoms. The monoisotopic (exact) mass is 398 g/mol. The van der Waals surface area contributed by atoms with Gasteiger partial charge in [-0.2, -0.15) is 0 Å². The molecule has 28 heavy (non-hydrogen) atoms. The standard InChI is InChI=1S/C23H30N2O2S/c1-15(2)22(27)24-18-10-7-16(3)20(13-18)25-21(26)14-28-19-11-8-17(9-12-19)23(4,5)6/h7-13,15H,14H2,1-6H3,(H,24,27)(H,25,26). The molecule has 4 nitrogen and oxygen atoms in total. The minimum Gasteiger partial charge on any atom is -0.326 e. The second-order valence-electron chi connectivity index (χ2n) is 8.28. The lowest BCUT2D eigenvalue weighted by Gasteiger charge is -2.19. The van der Waals surface area contributed by atoms with E-state index in [0.717, 1.165) is 16.1 Å². The second kappa shape index (κ2) is 9.28. The molecule has 150 valence electrons. The zero-order valence-corrected chi connectivity index (χ0v) is 18.4. The van der Waals surface area contributed by atoms with Crippen LogP contribution in [0.5, 0.6) is 0 Å². The lowest BCUT2D eigenvalue weighted by molar-refractivity contribution is -0.119. The number of carbonyl (C=O) groups is 2. The van der Waals surface area contributed by atoms with Gasteiger partial charge in [-0.25, -0.2) is 0 Å². The van der Waals surface area contributed by atoms with Crippen LogP contribution in [-0.4, -0.2) is 17.6 Å². The predicted octanol–water partition coefficient (Wildman–Crippen LogP) is 5.62. The van der Waals surface area contributed by atoms with Crippen molar-refractivity contribution in [1.82, 2.24) is 0 Å². The summed E-state index contributed by atoms with van der Waals surface area (Å²) >= 11 is 1.51. The van der Waals surface area contributed by atoms with Gasteiger partial charge in [0.1, 0.15) is 0 Å². The Labute approximate surface area is 172 Å². The molecule has 0 aliphatic carbocycles. The minimum absolute atomic E-state index is 0.0459. The number of anilines is 2. The van der Waals surface area contributed by atoms with Gasteiger partial charge in [0.05, 0.1) is 5.75 Å². The molecule has 2 aromatic carbocycles. The van der Waals surface area contributed by atoms with E-state index in [1.54, 1.807) is 6.07 Å². The van der Waals surface area contributed by atoms with Crippen molar-refractivity contribution in [2.45, 2.75) is 51.9 Å². The maximum Gasteiger partial charge on any atom is 0.234 e. The smallest absolute Gasteiger partial charge is 0.234 e. The number of amides is 2. The van der Waals surface area contributed by atoms with Gasteiger partial charge in [0, 0.05) is 22.2 Å². The summed E-state index contributed by atoms with van der Waals surface area (Å²) in [7, 11) is 0. The second-order valence-corrected chi connectivity index (χ2v) is 9.33. The predicted molar refractivity (Wildman–Crippen MR) is 119 cm³/mol. The van der Waals surface area contributed by atoms with E-state index in [1.807, 2.05) is 32.9 Å². The van der Waals surface area contributed by atoms with Crippen LogP contribution in [-0.2, 0) is 15.0 Å². The first kappa shape index (κ1) is 22.0. The molecule has 2 aromatic rings. The molecular formula is C23H30N2O2S. The normalized spacial score (nSPS) is 11.4. The highest BCUT2D eigenvalue weighted by Gasteiger charge is 2.13. The number of nitrogens with one attached hydrogen (secondary N) is 2. The molecular weight excluding hydrogens is 368 g/mol. The van der Waals surface area contributed by atoms with Gasteiger partial charge in [-0.3, -0.25) is 9.59 Å². The Kier molecular flexibility index (Phi) is 7.30. The Balaban J connectivity index is 1.96. The summed E-state index contributed by atoms with van der Waals surface area (Å²) in [6.07, 6.45) is 0. The molecule has 0 atom stereocenters. The summed E-state index contributed by atoms with van der Waals surface area (Å²) in [5, 5.41) is 5.81. The van der Waals surface area contributed by atoms with Crippen LogP contribution in [0, 0.1) is 12.8 Å². The van der Waals surface area contributed by atoms with Crippen molar-refractivity contribution in [2.75, 3.05) is 16.4 Å². The van der Waals surface area contributed by atoms with Crippen molar-refractivity contribution < 1.29 is 9.59 Å². The van der Waals surface area contributed by atoms with Crippen LogP contribution in [0.1, 0.15) is 45.7 Å². The molecule has 0 aromatic heterocycles. The van der Waals surface area contributed by atoms with Gasteiger partial charge in [0.2, 0.25) is 11.8 Å². The van der Waals surface area contributed by atoms with Crippen LogP contribution in [0.2, 0.25) is 0 Å². The van der Waals surface area contributed by atoms with Gasteiger partial charge in [0.15, 0.2) is 0 Å². The Bertz CT molecular complexity index is 837. The summed E-state index contributed by atoms with van der Waals surface area (Å²) in [4.78, 5) is 25.3. The molecule has 0 radical (unpaired) electrons. The zero-order chi connectivity index (χ0) is 20.9. The first-order valence-electron chi connectivity index (χ1n) is 9.51. The molecule has 0 fully saturated rings. The minimum atomic E-state index is -0.0968. The number of hydrogen-bond donors (Lipinski definition) is 2. The Hall–Kier alpha value is -2.27. The average molecular weight is 399 g/mol. The maximum atomic E-state index is 12.4. The summed E-state index contributed by atoms with van der Waals surface area (Å²) in [5.74, 6) is 0.118. The quantitative estimate of drug-likeness (QED) is 0.621. The van der Waals surface area contributed by atoms with Gasteiger partial charge < -0.3 is 10.6 Å².